The second-order valence-electron chi connectivity index (χ2n) is 4.21. The molecule has 0 aliphatic heterocycles. The molecule has 0 radical (unpaired) electrons. The zero-order chi connectivity index (χ0) is 14.5. The molecule has 7 heteroatoms. The minimum absolute atomic E-state index is 0.0448. The van der Waals surface area contributed by atoms with Crippen LogP contribution in [0, 0.1) is 5.92 Å². The van der Waals surface area contributed by atoms with E-state index in [4.69, 9.17) is 21.1 Å². The Kier molecular flexibility index (Phi) is 5.75. The van der Waals surface area contributed by atoms with Crippen molar-refractivity contribution in [3.05, 3.63) is 18.2 Å². The molecular weight excluding hydrogens is 290 g/mol. The first-order valence-electron chi connectivity index (χ1n) is 5.70. The highest BCUT2D eigenvalue weighted by Gasteiger charge is 2.17. The minimum atomic E-state index is -3.47. The lowest BCUT2D eigenvalue weighted by atomic mass is 10.3. The molecule has 1 atom stereocenters. The maximum absolute atomic E-state index is 12.0. The Morgan fingerprint density at radius 1 is 1.32 bits per heavy atom. The molecule has 1 aromatic carbocycles. The lowest BCUT2D eigenvalue weighted by Gasteiger charge is -2.14. The monoisotopic (exact) mass is 307 g/mol. The standard InChI is InChI=1S/C12H18ClNO4S/c1-9(7-13)8-19(15,16)14-11-6-10(17-2)4-5-12(11)18-3/h4-6,9,14H,7-8H2,1-3H3. The first kappa shape index (κ1) is 15.9. The second-order valence-corrected chi connectivity index (χ2v) is 6.28. The van der Waals surface area contributed by atoms with E-state index in [-0.39, 0.29) is 17.6 Å². The fourth-order valence-electron chi connectivity index (χ4n) is 1.52. The van der Waals surface area contributed by atoms with Crippen molar-refractivity contribution in [3.8, 4) is 11.5 Å². The van der Waals surface area contributed by atoms with Crippen LogP contribution in [0.3, 0.4) is 0 Å². The van der Waals surface area contributed by atoms with Crippen molar-refractivity contribution in [2.45, 2.75) is 6.92 Å². The van der Waals surface area contributed by atoms with Crippen LogP contribution in [0.5, 0.6) is 11.5 Å². The van der Waals surface area contributed by atoms with E-state index >= 15 is 0 Å². The highest BCUT2D eigenvalue weighted by atomic mass is 35.5. The number of nitrogens with one attached hydrogen (secondary N) is 1. The summed E-state index contributed by atoms with van der Waals surface area (Å²) in [7, 11) is -0.491. The number of sulfonamides is 1. The van der Waals surface area contributed by atoms with Crippen molar-refractivity contribution in [3.63, 3.8) is 0 Å². The zero-order valence-corrected chi connectivity index (χ0v) is 12.7. The van der Waals surface area contributed by atoms with Gasteiger partial charge < -0.3 is 9.47 Å². The molecule has 0 spiro atoms. The smallest absolute Gasteiger partial charge is 0.233 e. The van der Waals surface area contributed by atoms with Crippen LogP contribution >= 0.6 is 11.6 Å². The molecule has 5 nitrogen and oxygen atoms in total. The molecule has 0 aromatic heterocycles. The Bertz CT molecular complexity index is 518. The largest absolute Gasteiger partial charge is 0.497 e. The third-order valence-corrected chi connectivity index (χ3v) is 4.51. The molecule has 0 fully saturated rings. The third-order valence-electron chi connectivity index (χ3n) is 2.44. The van der Waals surface area contributed by atoms with Crippen molar-refractivity contribution < 1.29 is 17.9 Å². The van der Waals surface area contributed by atoms with Gasteiger partial charge in [0.25, 0.3) is 0 Å². The summed E-state index contributed by atoms with van der Waals surface area (Å²) < 4.78 is 36.6. The number of ether oxygens (including phenoxy) is 2. The average molecular weight is 308 g/mol. The SMILES string of the molecule is COc1ccc(OC)c(NS(=O)(=O)CC(C)CCl)c1. The summed E-state index contributed by atoms with van der Waals surface area (Å²) in [5, 5.41) is 0. The van der Waals surface area contributed by atoms with Crippen LogP contribution in [0.4, 0.5) is 5.69 Å². The number of rotatable bonds is 7. The zero-order valence-electron chi connectivity index (χ0n) is 11.1. The van der Waals surface area contributed by atoms with E-state index in [1.807, 2.05) is 0 Å². The van der Waals surface area contributed by atoms with Crippen LogP contribution in [0.2, 0.25) is 0 Å². The van der Waals surface area contributed by atoms with E-state index < -0.39 is 10.0 Å². The van der Waals surface area contributed by atoms with E-state index in [0.717, 1.165) is 0 Å². The molecule has 1 rings (SSSR count). The minimum Gasteiger partial charge on any atom is -0.497 e. The number of methoxy groups -OCH3 is 2. The van der Waals surface area contributed by atoms with Crippen molar-refractivity contribution in [2.75, 3.05) is 30.6 Å². The van der Waals surface area contributed by atoms with Gasteiger partial charge in [-0.1, -0.05) is 6.92 Å². The molecule has 0 aliphatic rings. The van der Waals surface area contributed by atoms with Gasteiger partial charge >= 0.3 is 0 Å². The molecule has 108 valence electrons. The van der Waals surface area contributed by atoms with E-state index in [1.165, 1.54) is 14.2 Å². The summed E-state index contributed by atoms with van der Waals surface area (Å²) in [6, 6.07) is 4.90. The average Bonchev–Trinajstić information content (AvgIpc) is 2.37. The lowest BCUT2D eigenvalue weighted by molar-refractivity contribution is 0.405. The summed E-state index contributed by atoms with van der Waals surface area (Å²) in [6.45, 7) is 1.77. The van der Waals surface area contributed by atoms with Crippen LogP contribution < -0.4 is 14.2 Å². The topological polar surface area (TPSA) is 64.6 Å². The highest BCUT2D eigenvalue weighted by molar-refractivity contribution is 7.92. The number of benzene rings is 1. The number of halogens is 1. The van der Waals surface area contributed by atoms with Crippen LogP contribution in [0.25, 0.3) is 0 Å². The summed E-state index contributed by atoms with van der Waals surface area (Å²) >= 11 is 5.63. The fraction of sp³-hybridized carbons (Fsp3) is 0.500. The Labute approximate surface area is 118 Å². The van der Waals surface area contributed by atoms with Crippen LogP contribution in [-0.4, -0.2) is 34.3 Å². The summed E-state index contributed by atoms with van der Waals surface area (Å²) in [6.07, 6.45) is 0. The Morgan fingerprint density at radius 2 is 2.00 bits per heavy atom. The lowest BCUT2D eigenvalue weighted by Crippen LogP contribution is -2.22. The third kappa shape index (κ3) is 4.80. The maximum atomic E-state index is 12.0. The van der Waals surface area contributed by atoms with Gasteiger partial charge in [-0.3, -0.25) is 4.72 Å². The number of alkyl halides is 1. The van der Waals surface area contributed by atoms with Gasteiger partial charge in [0.15, 0.2) is 0 Å². The molecule has 0 saturated carbocycles. The number of hydrogen-bond acceptors (Lipinski definition) is 4. The first-order chi connectivity index (χ1) is 8.91. The molecule has 0 heterocycles. The van der Waals surface area contributed by atoms with Crippen molar-refractivity contribution in [1.29, 1.82) is 0 Å². The molecule has 0 amide bonds. The summed E-state index contributed by atoms with van der Waals surface area (Å²) in [5.74, 6) is 1.09. The molecule has 19 heavy (non-hydrogen) atoms. The fourth-order valence-corrected chi connectivity index (χ4v) is 3.21. The van der Waals surface area contributed by atoms with Gasteiger partial charge in [-0.15, -0.1) is 11.6 Å². The molecule has 0 bridgehead atoms. The van der Waals surface area contributed by atoms with Gasteiger partial charge in [0.2, 0.25) is 10.0 Å². The van der Waals surface area contributed by atoms with Crippen molar-refractivity contribution >= 4 is 27.3 Å². The van der Waals surface area contributed by atoms with Gasteiger partial charge in [-0.05, 0) is 18.1 Å². The van der Waals surface area contributed by atoms with Gasteiger partial charge in [-0.25, -0.2) is 8.42 Å². The van der Waals surface area contributed by atoms with Gasteiger partial charge in [0, 0.05) is 11.9 Å². The quantitative estimate of drug-likeness (QED) is 0.785. The Morgan fingerprint density at radius 3 is 2.53 bits per heavy atom. The van der Waals surface area contributed by atoms with E-state index in [9.17, 15) is 8.42 Å². The first-order valence-corrected chi connectivity index (χ1v) is 7.89. The molecule has 0 aliphatic carbocycles. The molecular formula is C12H18ClNO4S. The normalized spacial score (nSPS) is 12.8. The van der Waals surface area contributed by atoms with E-state index in [0.29, 0.717) is 17.2 Å². The Hall–Kier alpha value is -1.14. The van der Waals surface area contributed by atoms with E-state index in [2.05, 4.69) is 4.72 Å². The van der Waals surface area contributed by atoms with Gasteiger partial charge in [0.1, 0.15) is 11.5 Å². The van der Waals surface area contributed by atoms with Gasteiger partial charge in [0.05, 0.1) is 25.7 Å². The highest BCUT2D eigenvalue weighted by Crippen LogP contribution is 2.29. The van der Waals surface area contributed by atoms with Crippen LogP contribution in [0.1, 0.15) is 6.92 Å². The predicted octanol–water partition coefficient (Wildman–Crippen LogP) is 2.32. The Balaban J connectivity index is 2.97. The second kappa shape index (κ2) is 6.86. The molecule has 1 N–H and O–H groups in total. The van der Waals surface area contributed by atoms with Crippen molar-refractivity contribution in [2.24, 2.45) is 5.92 Å². The number of hydrogen-bond donors (Lipinski definition) is 1. The predicted molar refractivity (Wildman–Crippen MR) is 76.8 cm³/mol. The molecule has 0 saturated heterocycles. The summed E-state index contributed by atoms with van der Waals surface area (Å²) in [5.41, 5.74) is 0.351. The maximum Gasteiger partial charge on any atom is 0.233 e. The number of anilines is 1. The van der Waals surface area contributed by atoms with Gasteiger partial charge in [-0.2, -0.15) is 0 Å². The van der Waals surface area contributed by atoms with Crippen LogP contribution in [-0.2, 0) is 10.0 Å². The van der Waals surface area contributed by atoms with E-state index in [1.54, 1.807) is 25.1 Å². The summed E-state index contributed by atoms with van der Waals surface area (Å²) in [4.78, 5) is 0. The molecule has 1 unspecified atom stereocenters. The van der Waals surface area contributed by atoms with Crippen molar-refractivity contribution in [1.82, 2.24) is 0 Å². The molecule has 1 aromatic rings. The van der Waals surface area contributed by atoms with Crippen LogP contribution in [0.15, 0.2) is 18.2 Å².